The molecule has 0 aliphatic rings. The summed E-state index contributed by atoms with van der Waals surface area (Å²) >= 11 is 0. The lowest BCUT2D eigenvalue weighted by molar-refractivity contribution is 0.536. The third kappa shape index (κ3) is 7.62. The summed E-state index contributed by atoms with van der Waals surface area (Å²) in [7, 11) is 0. The van der Waals surface area contributed by atoms with Crippen molar-refractivity contribution in [3.8, 4) is 0 Å². The van der Waals surface area contributed by atoms with E-state index in [1.165, 1.54) is 22.3 Å². The van der Waals surface area contributed by atoms with E-state index < -0.39 is 0 Å². The average molecular weight is 584 g/mol. The largest absolute Gasteiger partial charge is 0.356 e. The third-order valence-electron chi connectivity index (χ3n) is 10.2. The van der Waals surface area contributed by atoms with Gasteiger partial charge in [0.15, 0.2) is 0 Å². The zero-order chi connectivity index (χ0) is 31.8. The first-order valence-corrected chi connectivity index (χ1v) is 16.5. The smallest absolute Gasteiger partial charge is 0.0384 e. The van der Waals surface area contributed by atoms with Gasteiger partial charge in [-0.15, -0.1) is 0 Å². The zero-order valence-corrected chi connectivity index (χ0v) is 28.3. The van der Waals surface area contributed by atoms with Crippen molar-refractivity contribution < 1.29 is 0 Å². The van der Waals surface area contributed by atoms with E-state index in [0.717, 1.165) is 30.6 Å². The molecule has 0 fully saturated rings. The molecular formula is C43H53N. The second kappa shape index (κ2) is 13.9. The molecule has 44 heavy (non-hydrogen) atoms. The van der Waals surface area contributed by atoms with E-state index >= 15 is 0 Å². The van der Waals surface area contributed by atoms with Crippen LogP contribution in [-0.4, -0.2) is 0 Å². The summed E-state index contributed by atoms with van der Waals surface area (Å²) in [6.45, 7) is 18.5. The van der Waals surface area contributed by atoms with Crippen LogP contribution in [-0.2, 0) is 21.7 Å². The Kier molecular flexibility index (Phi) is 10.4. The van der Waals surface area contributed by atoms with Crippen molar-refractivity contribution in [1.29, 1.82) is 0 Å². The van der Waals surface area contributed by atoms with Gasteiger partial charge in [0.1, 0.15) is 0 Å². The summed E-state index contributed by atoms with van der Waals surface area (Å²) in [5.41, 5.74) is 7.53. The molecule has 230 valence electrons. The Bertz CT molecular complexity index is 1510. The molecule has 0 saturated heterocycles. The molecule has 4 rings (SSSR count). The van der Waals surface area contributed by atoms with E-state index in [2.05, 4.69) is 194 Å². The van der Waals surface area contributed by atoms with Gasteiger partial charge in [0.05, 0.1) is 0 Å². The first kappa shape index (κ1) is 33.1. The summed E-state index contributed by atoms with van der Waals surface area (Å²) in [4.78, 5) is 0. The van der Waals surface area contributed by atoms with Crippen LogP contribution in [0.25, 0.3) is 0 Å². The molecule has 4 aromatic rings. The van der Waals surface area contributed by atoms with Crippen LogP contribution >= 0.6 is 0 Å². The van der Waals surface area contributed by atoms with Crippen LogP contribution in [0, 0.1) is 0 Å². The summed E-state index contributed by atoms with van der Waals surface area (Å²) in [5, 5.41) is 3.62. The summed E-state index contributed by atoms with van der Waals surface area (Å²) < 4.78 is 0. The Labute approximate surface area is 268 Å². The van der Waals surface area contributed by atoms with Gasteiger partial charge in [-0.05, 0) is 65.8 Å². The van der Waals surface area contributed by atoms with Crippen LogP contribution in [0.3, 0.4) is 0 Å². The molecule has 0 aliphatic carbocycles. The summed E-state index contributed by atoms with van der Waals surface area (Å²) in [6, 6.07) is 39.6. The standard InChI is InChI=1S/C43H53N/c1-9-41(6,35-18-14-12-15-19-35)31-30-40(4,5)34-22-26-38(27-23-34)44-39-28-24-37(25-29-39)43(8,11-3)33-32-42(7,10-2)36-20-16-13-17-21-36/h12-33,44H,9-11H2,1-8H3/b31-30+,33-32+. The van der Waals surface area contributed by atoms with Crippen molar-refractivity contribution in [3.63, 3.8) is 0 Å². The molecule has 4 aromatic carbocycles. The Morgan fingerprint density at radius 1 is 0.409 bits per heavy atom. The van der Waals surface area contributed by atoms with Crippen molar-refractivity contribution in [1.82, 2.24) is 0 Å². The van der Waals surface area contributed by atoms with E-state index in [9.17, 15) is 0 Å². The van der Waals surface area contributed by atoms with E-state index in [4.69, 9.17) is 0 Å². The van der Waals surface area contributed by atoms with E-state index in [0.29, 0.717) is 0 Å². The van der Waals surface area contributed by atoms with Crippen LogP contribution < -0.4 is 5.32 Å². The molecule has 1 heteroatoms. The van der Waals surface area contributed by atoms with Crippen LogP contribution in [0.4, 0.5) is 11.4 Å². The minimum atomic E-state index is -0.0715. The van der Waals surface area contributed by atoms with Gasteiger partial charge in [-0.2, -0.15) is 0 Å². The Morgan fingerprint density at radius 3 is 1.09 bits per heavy atom. The lowest BCUT2D eigenvalue weighted by atomic mass is 9.74. The van der Waals surface area contributed by atoms with Crippen molar-refractivity contribution in [2.75, 3.05) is 5.32 Å². The Hall–Kier alpha value is -3.84. The van der Waals surface area contributed by atoms with Crippen LogP contribution in [0.5, 0.6) is 0 Å². The lowest BCUT2D eigenvalue weighted by Gasteiger charge is -2.30. The van der Waals surface area contributed by atoms with Crippen LogP contribution in [0.1, 0.15) is 96.9 Å². The molecule has 1 nitrogen and oxygen atoms in total. The highest BCUT2D eigenvalue weighted by Gasteiger charge is 2.27. The van der Waals surface area contributed by atoms with Crippen molar-refractivity contribution >= 4 is 11.4 Å². The fourth-order valence-electron chi connectivity index (χ4n) is 5.83. The van der Waals surface area contributed by atoms with Crippen molar-refractivity contribution in [2.24, 2.45) is 0 Å². The van der Waals surface area contributed by atoms with Gasteiger partial charge in [0, 0.05) is 33.0 Å². The molecule has 0 bridgehead atoms. The molecule has 0 radical (unpaired) electrons. The Balaban J connectivity index is 1.45. The highest BCUT2D eigenvalue weighted by Crippen LogP contribution is 2.36. The first-order valence-electron chi connectivity index (χ1n) is 16.5. The third-order valence-corrected chi connectivity index (χ3v) is 10.2. The second-order valence-electron chi connectivity index (χ2n) is 13.7. The van der Waals surface area contributed by atoms with Gasteiger partial charge in [-0.25, -0.2) is 0 Å². The second-order valence-corrected chi connectivity index (χ2v) is 13.7. The highest BCUT2D eigenvalue weighted by molar-refractivity contribution is 5.61. The molecule has 1 N–H and O–H groups in total. The fourth-order valence-corrected chi connectivity index (χ4v) is 5.83. The zero-order valence-electron chi connectivity index (χ0n) is 28.3. The predicted molar refractivity (Wildman–Crippen MR) is 193 cm³/mol. The lowest BCUT2D eigenvalue weighted by Crippen LogP contribution is -2.22. The predicted octanol–water partition coefficient (Wildman–Crippen LogP) is 12.2. The number of anilines is 2. The molecule has 0 spiro atoms. The minimum absolute atomic E-state index is 0.0211. The van der Waals surface area contributed by atoms with E-state index in [1.54, 1.807) is 0 Å². The monoisotopic (exact) mass is 583 g/mol. The normalized spacial score (nSPS) is 16.4. The highest BCUT2D eigenvalue weighted by atomic mass is 14.9. The molecule has 0 saturated carbocycles. The molecule has 0 heterocycles. The maximum absolute atomic E-state index is 3.62. The van der Waals surface area contributed by atoms with E-state index in [1.807, 2.05) is 0 Å². The van der Waals surface area contributed by atoms with Gasteiger partial charge in [-0.1, -0.05) is 165 Å². The number of hydrogen-bond acceptors (Lipinski definition) is 1. The number of allylic oxidation sites excluding steroid dienone is 4. The topological polar surface area (TPSA) is 12.0 Å². The first-order chi connectivity index (χ1) is 21.0. The Morgan fingerprint density at radius 2 is 0.727 bits per heavy atom. The van der Waals surface area contributed by atoms with Crippen molar-refractivity contribution in [3.05, 3.63) is 156 Å². The molecule has 0 aromatic heterocycles. The SMILES string of the molecule is CCC(C)(/C=C/C(C)(C)c1ccc(Nc2ccc(C(C)(/C=C/C(C)(CC)c3ccccc3)CC)cc2)cc1)c1ccccc1. The van der Waals surface area contributed by atoms with Gasteiger partial charge in [-0.3, -0.25) is 0 Å². The van der Waals surface area contributed by atoms with Gasteiger partial charge in [0.2, 0.25) is 0 Å². The van der Waals surface area contributed by atoms with Crippen molar-refractivity contribution in [2.45, 2.75) is 96.3 Å². The molecule has 3 unspecified atom stereocenters. The average Bonchev–Trinajstić information content (AvgIpc) is 3.07. The number of rotatable bonds is 13. The summed E-state index contributed by atoms with van der Waals surface area (Å²) in [5.74, 6) is 0. The van der Waals surface area contributed by atoms with Gasteiger partial charge >= 0.3 is 0 Å². The molecular weight excluding hydrogens is 530 g/mol. The van der Waals surface area contributed by atoms with Crippen LogP contribution in [0.2, 0.25) is 0 Å². The molecule has 3 atom stereocenters. The molecule has 0 aliphatic heterocycles. The molecule has 0 amide bonds. The van der Waals surface area contributed by atoms with E-state index in [-0.39, 0.29) is 21.7 Å². The summed E-state index contributed by atoms with van der Waals surface area (Å²) in [6.07, 6.45) is 12.8. The fraction of sp³-hybridized carbons (Fsp3) is 0.349. The minimum Gasteiger partial charge on any atom is -0.356 e. The van der Waals surface area contributed by atoms with Gasteiger partial charge < -0.3 is 5.32 Å². The van der Waals surface area contributed by atoms with Crippen LogP contribution in [0.15, 0.2) is 133 Å². The van der Waals surface area contributed by atoms with Gasteiger partial charge in [0.25, 0.3) is 0 Å². The maximum Gasteiger partial charge on any atom is 0.0384 e. The number of benzene rings is 4. The maximum atomic E-state index is 3.62. The quantitative estimate of drug-likeness (QED) is 0.154. The number of hydrogen-bond donors (Lipinski definition) is 1. The number of nitrogens with one attached hydrogen (secondary N) is 1.